The molecule has 0 bridgehead atoms. The third-order valence-electron chi connectivity index (χ3n) is 4.41. The highest BCUT2D eigenvalue weighted by atomic mass is 15.1. The Kier molecular flexibility index (Phi) is 6.52. The fraction of sp³-hybridized carbons (Fsp3) is 0.667. The van der Waals surface area contributed by atoms with Crippen LogP contribution in [0, 0.1) is 0 Å². The molecule has 0 spiro atoms. The lowest BCUT2D eigenvalue weighted by atomic mass is 10.0. The second kappa shape index (κ2) is 8.40. The second-order valence-electron chi connectivity index (χ2n) is 6.12. The van der Waals surface area contributed by atoms with Crippen molar-refractivity contribution in [2.75, 3.05) is 38.0 Å². The molecule has 2 N–H and O–H groups in total. The Morgan fingerprint density at radius 2 is 2.05 bits per heavy atom. The van der Waals surface area contributed by atoms with E-state index in [1.54, 1.807) is 0 Å². The zero-order valence-corrected chi connectivity index (χ0v) is 13.9. The first-order chi connectivity index (χ1) is 10.2. The Labute approximate surface area is 130 Å². The van der Waals surface area contributed by atoms with Gasteiger partial charge in [0.1, 0.15) is 0 Å². The molecule has 0 radical (unpaired) electrons. The van der Waals surface area contributed by atoms with Gasteiger partial charge >= 0.3 is 0 Å². The van der Waals surface area contributed by atoms with Crippen molar-refractivity contribution in [3.63, 3.8) is 0 Å². The van der Waals surface area contributed by atoms with Gasteiger partial charge in [-0.1, -0.05) is 26.0 Å². The van der Waals surface area contributed by atoms with Crippen LogP contribution in [-0.2, 0) is 12.8 Å². The molecule has 0 aliphatic carbocycles. The number of fused-ring (bicyclic) bond motifs is 1. The van der Waals surface area contributed by atoms with Crippen LogP contribution in [0.2, 0.25) is 0 Å². The van der Waals surface area contributed by atoms with Gasteiger partial charge in [0.15, 0.2) is 0 Å². The van der Waals surface area contributed by atoms with Gasteiger partial charge < -0.3 is 15.5 Å². The molecule has 0 saturated heterocycles. The maximum absolute atomic E-state index is 3.57. The molecular weight excluding hydrogens is 258 g/mol. The molecule has 1 aromatic rings. The minimum atomic E-state index is 0.591. The standard InChI is InChI=1S/C18H31N3/c1-4-21(5-2)12-6-10-19-11-9-16-7-8-18-17(14-16)13-15(3)20-18/h7-8,14-15,19-20H,4-6,9-13H2,1-3H3. The Balaban J connectivity index is 1.62. The molecule has 1 aromatic carbocycles. The maximum Gasteiger partial charge on any atom is 0.0375 e. The summed E-state index contributed by atoms with van der Waals surface area (Å²) in [5.41, 5.74) is 4.28. The predicted molar refractivity (Wildman–Crippen MR) is 92.2 cm³/mol. The molecule has 0 aromatic heterocycles. The fourth-order valence-electron chi connectivity index (χ4n) is 3.08. The normalized spacial score (nSPS) is 17.0. The predicted octanol–water partition coefficient (Wildman–Crippen LogP) is 2.91. The number of rotatable bonds is 9. The zero-order valence-electron chi connectivity index (χ0n) is 13.9. The summed E-state index contributed by atoms with van der Waals surface area (Å²) in [6, 6.07) is 7.48. The van der Waals surface area contributed by atoms with Crippen LogP contribution in [0.3, 0.4) is 0 Å². The van der Waals surface area contributed by atoms with Gasteiger partial charge in [-0.15, -0.1) is 0 Å². The number of hydrogen-bond donors (Lipinski definition) is 2. The smallest absolute Gasteiger partial charge is 0.0375 e. The Hall–Kier alpha value is -1.06. The number of hydrogen-bond acceptors (Lipinski definition) is 3. The third kappa shape index (κ3) is 5.01. The number of nitrogens with zero attached hydrogens (tertiary/aromatic N) is 1. The van der Waals surface area contributed by atoms with Gasteiger partial charge in [0, 0.05) is 11.7 Å². The molecule has 118 valence electrons. The van der Waals surface area contributed by atoms with Crippen molar-refractivity contribution in [2.24, 2.45) is 0 Å². The fourth-order valence-corrected chi connectivity index (χ4v) is 3.08. The Morgan fingerprint density at radius 1 is 1.24 bits per heavy atom. The summed E-state index contributed by atoms with van der Waals surface area (Å²) >= 11 is 0. The van der Waals surface area contributed by atoms with Gasteiger partial charge in [-0.3, -0.25) is 0 Å². The first-order valence-electron chi connectivity index (χ1n) is 8.54. The molecule has 1 heterocycles. The minimum Gasteiger partial charge on any atom is -0.382 e. The van der Waals surface area contributed by atoms with Crippen molar-refractivity contribution < 1.29 is 0 Å². The summed E-state index contributed by atoms with van der Waals surface area (Å²) in [7, 11) is 0. The third-order valence-corrected chi connectivity index (χ3v) is 4.41. The lowest BCUT2D eigenvalue weighted by molar-refractivity contribution is 0.298. The van der Waals surface area contributed by atoms with Gasteiger partial charge in [-0.05, 0) is 76.1 Å². The van der Waals surface area contributed by atoms with Crippen LogP contribution >= 0.6 is 0 Å². The van der Waals surface area contributed by atoms with Gasteiger partial charge in [-0.25, -0.2) is 0 Å². The molecule has 3 nitrogen and oxygen atoms in total. The molecule has 1 atom stereocenters. The van der Waals surface area contributed by atoms with Gasteiger partial charge in [0.25, 0.3) is 0 Å². The van der Waals surface area contributed by atoms with Crippen molar-refractivity contribution in [2.45, 2.75) is 46.1 Å². The monoisotopic (exact) mass is 289 g/mol. The molecule has 0 fully saturated rings. The summed E-state index contributed by atoms with van der Waals surface area (Å²) in [6.45, 7) is 12.5. The van der Waals surface area contributed by atoms with Crippen molar-refractivity contribution in [3.8, 4) is 0 Å². The van der Waals surface area contributed by atoms with E-state index in [1.807, 2.05) is 0 Å². The van der Waals surface area contributed by atoms with E-state index < -0.39 is 0 Å². The molecule has 21 heavy (non-hydrogen) atoms. The first-order valence-corrected chi connectivity index (χ1v) is 8.54. The van der Waals surface area contributed by atoms with Crippen molar-refractivity contribution in [1.29, 1.82) is 0 Å². The van der Waals surface area contributed by atoms with E-state index in [-0.39, 0.29) is 0 Å². The SMILES string of the molecule is CCN(CC)CCCNCCc1ccc2c(c1)CC(C)N2. The molecule has 3 heteroatoms. The van der Waals surface area contributed by atoms with Crippen LogP contribution in [0.25, 0.3) is 0 Å². The average molecular weight is 289 g/mol. The van der Waals surface area contributed by atoms with E-state index >= 15 is 0 Å². The number of benzene rings is 1. The first kappa shape index (κ1) is 16.3. The molecular formula is C18H31N3. The van der Waals surface area contributed by atoms with Crippen molar-refractivity contribution in [3.05, 3.63) is 29.3 Å². The van der Waals surface area contributed by atoms with E-state index in [2.05, 4.69) is 54.5 Å². The quantitative estimate of drug-likeness (QED) is 0.685. The molecule has 1 unspecified atom stereocenters. The molecule has 1 aliphatic heterocycles. The van der Waals surface area contributed by atoms with Crippen LogP contribution in [0.15, 0.2) is 18.2 Å². The van der Waals surface area contributed by atoms with Gasteiger partial charge in [0.2, 0.25) is 0 Å². The van der Waals surface area contributed by atoms with Crippen LogP contribution in [0.4, 0.5) is 5.69 Å². The lowest BCUT2D eigenvalue weighted by Crippen LogP contribution is -2.27. The molecule has 0 amide bonds. The van der Waals surface area contributed by atoms with Gasteiger partial charge in [0.05, 0.1) is 0 Å². The summed E-state index contributed by atoms with van der Waals surface area (Å²) in [5, 5.41) is 7.08. The molecule has 1 aliphatic rings. The molecule has 2 rings (SSSR count). The number of anilines is 1. The lowest BCUT2D eigenvalue weighted by Gasteiger charge is -2.17. The highest BCUT2D eigenvalue weighted by molar-refractivity contribution is 5.57. The largest absolute Gasteiger partial charge is 0.382 e. The summed E-state index contributed by atoms with van der Waals surface area (Å²) in [6.07, 6.45) is 3.54. The van der Waals surface area contributed by atoms with Crippen molar-refractivity contribution in [1.82, 2.24) is 10.2 Å². The highest BCUT2D eigenvalue weighted by Crippen LogP contribution is 2.26. The van der Waals surface area contributed by atoms with E-state index in [9.17, 15) is 0 Å². The summed E-state index contributed by atoms with van der Waals surface area (Å²) in [4.78, 5) is 2.48. The van der Waals surface area contributed by atoms with Gasteiger partial charge in [-0.2, -0.15) is 0 Å². The van der Waals surface area contributed by atoms with Crippen LogP contribution < -0.4 is 10.6 Å². The molecule has 0 saturated carbocycles. The maximum atomic E-state index is 3.57. The van der Waals surface area contributed by atoms with Crippen LogP contribution in [0.1, 0.15) is 38.3 Å². The second-order valence-corrected chi connectivity index (χ2v) is 6.12. The number of nitrogens with one attached hydrogen (secondary N) is 2. The zero-order chi connectivity index (χ0) is 15.1. The van der Waals surface area contributed by atoms with Crippen molar-refractivity contribution >= 4 is 5.69 Å². The minimum absolute atomic E-state index is 0.591. The van der Waals surface area contributed by atoms with E-state index in [1.165, 1.54) is 36.2 Å². The topological polar surface area (TPSA) is 27.3 Å². The Bertz CT molecular complexity index is 426. The highest BCUT2D eigenvalue weighted by Gasteiger charge is 2.16. The van der Waals surface area contributed by atoms with E-state index in [4.69, 9.17) is 0 Å². The average Bonchev–Trinajstić information content (AvgIpc) is 2.86. The summed E-state index contributed by atoms with van der Waals surface area (Å²) < 4.78 is 0. The van der Waals surface area contributed by atoms with Crippen LogP contribution in [0.5, 0.6) is 0 Å². The summed E-state index contributed by atoms with van der Waals surface area (Å²) in [5.74, 6) is 0. The Morgan fingerprint density at radius 3 is 2.81 bits per heavy atom. The van der Waals surface area contributed by atoms with E-state index in [0.29, 0.717) is 6.04 Å². The van der Waals surface area contributed by atoms with E-state index in [0.717, 1.165) is 32.6 Å². The van der Waals surface area contributed by atoms with Crippen LogP contribution in [-0.4, -0.2) is 43.7 Å².